The van der Waals surface area contributed by atoms with Crippen LogP contribution in [0.15, 0.2) is 42.5 Å². The van der Waals surface area contributed by atoms with E-state index < -0.39 is 0 Å². The maximum absolute atomic E-state index is 6.74. The molecule has 1 aliphatic carbocycles. The van der Waals surface area contributed by atoms with Crippen LogP contribution in [0.4, 0.5) is 0 Å². The monoisotopic (exact) mass is 284 g/mol. The van der Waals surface area contributed by atoms with Gasteiger partial charge in [-0.25, -0.2) is 0 Å². The summed E-state index contributed by atoms with van der Waals surface area (Å²) in [6, 6.07) is 15.5. The lowest BCUT2D eigenvalue weighted by Gasteiger charge is -2.30. The van der Waals surface area contributed by atoms with Crippen molar-refractivity contribution in [2.75, 3.05) is 0 Å². The summed E-state index contributed by atoms with van der Waals surface area (Å²) in [5.74, 6) is 0.549. The average Bonchev–Trinajstić information content (AvgIpc) is 2.41. The first kappa shape index (κ1) is 13.7. The van der Waals surface area contributed by atoms with Gasteiger partial charge in [0.25, 0.3) is 0 Å². The van der Waals surface area contributed by atoms with Gasteiger partial charge in [0.05, 0.1) is 5.38 Å². The van der Waals surface area contributed by atoms with Crippen LogP contribution in [0.2, 0.25) is 0 Å². The smallest absolute Gasteiger partial charge is 0.0619 e. The Morgan fingerprint density at radius 1 is 1.05 bits per heavy atom. The highest BCUT2D eigenvalue weighted by molar-refractivity contribution is 6.21. The molecular weight excluding hydrogens is 264 g/mol. The zero-order valence-corrected chi connectivity index (χ0v) is 13.0. The second-order valence-corrected chi connectivity index (χ2v) is 6.57. The molecule has 20 heavy (non-hydrogen) atoms. The first-order chi connectivity index (χ1) is 9.63. The largest absolute Gasteiger partial charge is 0.117 e. The van der Waals surface area contributed by atoms with Gasteiger partial charge < -0.3 is 0 Å². The van der Waals surface area contributed by atoms with Crippen molar-refractivity contribution in [3.8, 4) is 0 Å². The summed E-state index contributed by atoms with van der Waals surface area (Å²) in [6.45, 7) is 4.34. The lowest BCUT2D eigenvalue weighted by atomic mass is 9.80. The molecule has 0 saturated heterocycles. The van der Waals surface area contributed by atoms with Gasteiger partial charge in [-0.05, 0) is 55.7 Å². The molecule has 2 atom stereocenters. The molecular formula is C19H21Cl. The summed E-state index contributed by atoms with van der Waals surface area (Å²) in [6.07, 6.45) is 3.44. The Morgan fingerprint density at radius 3 is 2.50 bits per heavy atom. The highest BCUT2D eigenvalue weighted by atomic mass is 35.5. The third-order valence-corrected chi connectivity index (χ3v) is 4.92. The molecule has 0 radical (unpaired) electrons. The first-order valence-electron chi connectivity index (χ1n) is 7.42. The van der Waals surface area contributed by atoms with Crippen molar-refractivity contribution in [1.82, 2.24) is 0 Å². The molecule has 0 aliphatic heterocycles. The van der Waals surface area contributed by atoms with Gasteiger partial charge in [0, 0.05) is 0 Å². The molecule has 104 valence electrons. The molecule has 0 spiro atoms. The van der Waals surface area contributed by atoms with Crippen LogP contribution in [0.5, 0.6) is 0 Å². The van der Waals surface area contributed by atoms with Gasteiger partial charge in [0.2, 0.25) is 0 Å². The van der Waals surface area contributed by atoms with E-state index in [0.717, 1.165) is 12.8 Å². The van der Waals surface area contributed by atoms with Gasteiger partial charge >= 0.3 is 0 Å². The fourth-order valence-electron chi connectivity index (χ4n) is 3.47. The summed E-state index contributed by atoms with van der Waals surface area (Å²) in [5, 5.41) is 0.153. The van der Waals surface area contributed by atoms with Gasteiger partial charge in [0.15, 0.2) is 0 Å². The molecule has 3 rings (SSSR count). The second kappa shape index (κ2) is 5.61. The van der Waals surface area contributed by atoms with E-state index >= 15 is 0 Å². The minimum Gasteiger partial charge on any atom is -0.117 e. The average molecular weight is 285 g/mol. The van der Waals surface area contributed by atoms with Gasteiger partial charge in [-0.15, -0.1) is 11.6 Å². The predicted octanol–water partition coefficient (Wildman–Crippen LogP) is 5.39. The lowest BCUT2D eigenvalue weighted by molar-refractivity contribution is 0.442. The van der Waals surface area contributed by atoms with E-state index in [1.54, 1.807) is 0 Å². The minimum absolute atomic E-state index is 0.153. The van der Waals surface area contributed by atoms with E-state index in [0.29, 0.717) is 5.92 Å². The highest BCUT2D eigenvalue weighted by Gasteiger charge is 2.27. The third-order valence-electron chi connectivity index (χ3n) is 4.33. The highest BCUT2D eigenvalue weighted by Crippen LogP contribution is 2.40. The zero-order valence-electron chi connectivity index (χ0n) is 12.2. The molecule has 1 heteroatoms. The standard InChI is InChI=1S/C19H21Cl/c1-13-9-14(2)11-15(10-13)12-17-8-7-16-5-3-4-6-18(16)19(17)20/h3-6,9-11,17,19H,7-8,12H2,1-2H3. The maximum atomic E-state index is 6.74. The van der Waals surface area contributed by atoms with E-state index in [1.807, 2.05) is 0 Å². The summed E-state index contributed by atoms with van der Waals surface area (Å²) < 4.78 is 0. The number of alkyl halides is 1. The Labute approximate surface area is 126 Å². The molecule has 2 aromatic rings. The number of fused-ring (bicyclic) bond motifs is 1. The van der Waals surface area contributed by atoms with E-state index in [-0.39, 0.29) is 5.38 Å². The van der Waals surface area contributed by atoms with Crippen molar-refractivity contribution < 1.29 is 0 Å². The summed E-state index contributed by atoms with van der Waals surface area (Å²) >= 11 is 6.74. The van der Waals surface area contributed by atoms with E-state index in [9.17, 15) is 0 Å². The Bertz CT molecular complexity index is 595. The van der Waals surface area contributed by atoms with E-state index in [4.69, 9.17) is 11.6 Å². The van der Waals surface area contributed by atoms with Gasteiger partial charge in [-0.2, -0.15) is 0 Å². The number of aryl methyl sites for hydroxylation is 3. The Morgan fingerprint density at radius 2 is 1.75 bits per heavy atom. The van der Waals surface area contributed by atoms with E-state index in [2.05, 4.69) is 56.3 Å². The number of halogens is 1. The van der Waals surface area contributed by atoms with Crippen LogP contribution in [-0.4, -0.2) is 0 Å². The first-order valence-corrected chi connectivity index (χ1v) is 7.86. The molecule has 2 aromatic carbocycles. The number of benzene rings is 2. The van der Waals surface area contributed by atoms with Gasteiger partial charge in [-0.3, -0.25) is 0 Å². The predicted molar refractivity (Wildman–Crippen MR) is 86.5 cm³/mol. The Balaban J connectivity index is 1.82. The SMILES string of the molecule is Cc1cc(C)cc(CC2CCc3ccccc3C2Cl)c1. The van der Waals surface area contributed by atoms with E-state index in [1.165, 1.54) is 34.2 Å². The van der Waals surface area contributed by atoms with Crippen molar-refractivity contribution >= 4 is 11.6 Å². The molecule has 0 saturated carbocycles. The fraction of sp³-hybridized carbons (Fsp3) is 0.368. The normalized spacial score (nSPS) is 21.6. The molecule has 0 fully saturated rings. The van der Waals surface area contributed by atoms with Crippen LogP contribution < -0.4 is 0 Å². The van der Waals surface area contributed by atoms with Crippen molar-refractivity contribution in [3.63, 3.8) is 0 Å². The van der Waals surface area contributed by atoms with Crippen molar-refractivity contribution in [2.24, 2.45) is 5.92 Å². The van der Waals surface area contributed by atoms with Crippen LogP contribution in [-0.2, 0) is 12.8 Å². The van der Waals surface area contributed by atoms with Crippen molar-refractivity contribution in [3.05, 3.63) is 70.3 Å². The summed E-state index contributed by atoms with van der Waals surface area (Å²) in [4.78, 5) is 0. The topological polar surface area (TPSA) is 0 Å². The van der Waals surface area contributed by atoms with Crippen LogP contribution in [0.1, 0.15) is 39.6 Å². The Hall–Kier alpha value is -1.27. The van der Waals surface area contributed by atoms with Crippen molar-refractivity contribution in [2.45, 2.75) is 38.5 Å². The van der Waals surface area contributed by atoms with Gasteiger partial charge in [-0.1, -0.05) is 53.6 Å². The fourth-order valence-corrected chi connectivity index (χ4v) is 3.90. The number of rotatable bonds is 2. The number of hydrogen-bond donors (Lipinski definition) is 0. The molecule has 0 heterocycles. The lowest BCUT2D eigenvalue weighted by Crippen LogP contribution is -2.19. The third kappa shape index (κ3) is 2.76. The van der Waals surface area contributed by atoms with Crippen LogP contribution in [0.3, 0.4) is 0 Å². The minimum atomic E-state index is 0.153. The molecule has 1 aliphatic rings. The molecule has 0 aromatic heterocycles. The summed E-state index contributed by atoms with van der Waals surface area (Å²) in [5.41, 5.74) is 6.90. The van der Waals surface area contributed by atoms with Crippen LogP contribution in [0.25, 0.3) is 0 Å². The number of hydrogen-bond acceptors (Lipinski definition) is 0. The van der Waals surface area contributed by atoms with Crippen LogP contribution in [0, 0.1) is 19.8 Å². The molecule has 0 N–H and O–H groups in total. The molecule has 0 amide bonds. The quantitative estimate of drug-likeness (QED) is 0.649. The zero-order chi connectivity index (χ0) is 14.1. The van der Waals surface area contributed by atoms with Gasteiger partial charge in [0.1, 0.15) is 0 Å². The Kier molecular flexibility index (Phi) is 3.85. The van der Waals surface area contributed by atoms with Crippen LogP contribution >= 0.6 is 11.6 Å². The second-order valence-electron chi connectivity index (χ2n) is 6.10. The maximum Gasteiger partial charge on any atom is 0.0619 e. The summed E-state index contributed by atoms with van der Waals surface area (Å²) in [7, 11) is 0. The van der Waals surface area contributed by atoms with Crippen molar-refractivity contribution in [1.29, 1.82) is 0 Å². The molecule has 0 bridgehead atoms. The molecule has 0 nitrogen and oxygen atoms in total. The molecule has 2 unspecified atom stereocenters.